The van der Waals surface area contributed by atoms with Crippen LogP contribution in [0.1, 0.15) is 18.4 Å². The van der Waals surface area contributed by atoms with Crippen LogP contribution < -0.4 is 10.0 Å². The summed E-state index contributed by atoms with van der Waals surface area (Å²) in [5.41, 5.74) is 1.24. The maximum atomic E-state index is 12.4. The smallest absolute Gasteiger partial charge is 0.240 e. The summed E-state index contributed by atoms with van der Waals surface area (Å²) >= 11 is 0. The maximum absolute atomic E-state index is 12.4. The summed E-state index contributed by atoms with van der Waals surface area (Å²) < 4.78 is 27.4. The van der Waals surface area contributed by atoms with Crippen LogP contribution in [0.5, 0.6) is 0 Å². The zero-order valence-electron chi connectivity index (χ0n) is 15.6. The Morgan fingerprint density at radius 2 is 1.54 bits per heavy atom. The Hall–Kier alpha value is -2.70. The Morgan fingerprint density at radius 3 is 2.32 bits per heavy atom. The first kappa shape index (κ1) is 20.0. The Morgan fingerprint density at radius 1 is 0.821 bits per heavy atom. The van der Waals surface area contributed by atoms with E-state index >= 15 is 0 Å². The number of hydrogen-bond donors (Lipinski definition) is 2. The van der Waals surface area contributed by atoms with Gasteiger partial charge in [-0.05, 0) is 41.3 Å². The second kappa shape index (κ2) is 9.48. The topological polar surface area (TPSA) is 75.3 Å². The number of nitrogens with one attached hydrogen (secondary N) is 2. The molecule has 0 aromatic heterocycles. The van der Waals surface area contributed by atoms with E-state index in [1.54, 1.807) is 18.2 Å². The van der Waals surface area contributed by atoms with E-state index in [2.05, 4.69) is 22.2 Å². The van der Waals surface area contributed by atoms with Gasteiger partial charge in [0.05, 0.1) is 4.90 Å². The van der Waals surface area contributed by atoms with Gasteiger partial charge in [0.25, 0.3) is 0 Å². The molecule has 3 aromatic carbocycles. The van der Waals surface area contributed by atoms with Crippen molar-refractivity contribution < 1.29 is 13.2 Å². The largest absolute Gasteiger partial charge is 0.356 e. The van der Waals surface area contributed by atoms with Crippen molar-refractivity contribution in [3.05, 3.63) is 78.4 Å². The minimum Gasteiger partial charge on any atom is -0.356 e. The van der Waals surface area contributed by atoms with Crippen LogP contribution in [0.15, 0.2) is 77.7 Å². The zero-order chi connectivity index (χ0) is 19.8. The molecule has 0 saturated carbocycles. The number of carbonyl (C=O) groups is 1. The van der Waals surface area contributed by atoms with Crippen LogP contribution in [0, 0.1) is 0 Å². The lowest BCUT2D eigenvalue weighted by Crippen LogP contribution is -2.31. The molecule has 1 amide bonds. The Kier molecular flexibility index (Phi) is 6.79. The highest BCUT2D eigenvalue weighted by atomic mass is 32.2. The second-order valence-electron chi connectivity index (χ2n) is 6.60. The number of amides is 1. The Bertz CT molecular complexity index is 1030. The monoisotopic (exact) mass is 396 g/mol. The number of sulfonamides is 1. The van der Waals surface area contributed by atoms with Crippen molar-refractivity contribution in [3.63, 3.8) is 0 Å². The molecule has 0 heterocycles. The first-order chi connectivity index (χ1) is 13.5. The van der Waals surface area contributed by atoms with Gasteiger partial charge in [-0.25, -0.2) is 13.1 Å². The molecule has 0 bridgehead atoms. The average molecular weight is 397 g/mol. The Balaban J connectivity index is 1.42. The van der Waals surface area contributed by atoms with E-state index in [1.165, 1.54) is 5.56 Å². The van der Waals surface area contributed by atoms with Gasteiger partial charge in [-0.1, -0.05) is 60.7 Å². The molecular formula is C22H24N2O3S. The van der Waals surface area contributed by atoms with Crippen molar-refractivity contribution in [3.8, 4) is 0 Å². The van der Waals surface area contributed by atoms with Gasteiger partial charge >= 0.3 is 0 Å². The third-order valence-electron chi connectivity index (χ3n) is 4.48. The lowest BCUT2D eigenvalue weighted by molar-refractivity contribution is -0.120. The molecule has 146 valence electrons. The summed E-state index contributed by atoms with van der Waals surface area (Å²) in [7, 11) is -3.64. The fourth-order valence-corrected chi connectivity index (χ4v) is 4.04. The number of benzene rings is 3. The van der Waals surface area contributed by atoms with Gasteiger partial charge in [-0.3, -0.25) is 4.79 Å². The molecule has 0 aliphatic heterocycles. The molecule has 0 aliphatic rings. The fourth-order valence-electron chi connectivity index (χ4n) is 2.97. The number of fused-ring (bicyclic) bond motifs is 1. The van der Waals surface area contributed by atoms with E-state index in [-0.39, 0.29) is 23.8 Å². The molecule has 3 aromatic rings. The van der Waals surface area contributed by atoms with Crippen LogP contribution in [0.25, 0.3) is 10.8 Å². The zero-order valence-corrected chi connectivity index (χ0v) is 16.4. The number of rotatable bonds is 9. The molecule has 3 rings (SSSR count). The molecular weight excluding hydrogens is 372 g/mol. The molecule has 0 atom stereocenters. The summed E-state index contributed by atoms with van der Waals surface area (Å²) in [5, 5.41) is 4.67. The third kappa shape index (κ3) is 5.65. The van der Waals surface area contributed by atoms with Gasteiger partial charge in [0, 0.05) is 19.5 Å². The minimum absolute atomic E-state index is 0.0691. The van der Waals surface area contributed by atoms with Gasteiger partial charge in [0.15, 0.2) is 0 Å². The molecule has 0 fully saturated rings. The maximum Gasteiger partial charge on any atom is 0.240 e. The molecule has 0 aliphatic carbocycles. The normalized spacial score (nSPS) is 11.4. The van der Waals surface area contributed by atoms with E-state index < -0.39 is 10.0 Å². The molecule has 0 radical (unpaired) electrons. The molecule has 2 N–H and O–H groups in total. The predicted octanol–water partition coefficient (Wildman–Crippen LogP) is 3.26. The van der Waals surface area contributed by atoms with Gasteiger partial charge in [-0.15, -0.1) is 0 Å². The lowest BCUT2D eigenvalue weighted by Gasteiger charge is -2.09. The van der Waals surface area contributed by atoms with E-state index in [9.17, 15) is 13.2 Å². The van der Waals surface area contributed by atoms with Crippen LogP contribution in [0.3, 0.4) is 0 Å². The van der Waals surface area contributed by atoms with Crippen LogP contribution >= 0.6 is 0 Å². The quantitative estimate of drug-likeness (QED) is 0.545. The van der Waals surface area contributed by atoms with Crippen molar-refractivity contribution in [2.24, 2.45) is 0 Å². The van der Waals surface area contributed by atoms with E-state index in [4.69, 9.17) is 0 Å². The van der Waals surface area contributed by atoms with E-state index in [0.717, 1.165) is 23.6 Å². The molecule has 28 heavy (non-hydrogen) atoms. The molecule has 6 heteroatoms. The second-order valence-corrected chi connectivity index (χ2v) is 8.36. The third-order valence-corrected chi connectivity index (χ3v) is 5.94. The number of hydrogen-bond acceptors (Lipinski definition) is 3. The first-order valence-electron chi connectivity index (χ1n) is 9.34. The summed E-state index contributed by atoms with van der Waals surface area (Å²) in [6, 6.07) is 22.7. The highest BCUT2D eigenvalue weighted by Crippen LogP contribution is 2.18. The van der Waals surface area contributed by atoms with Crippen molar-refractivity contribution in [1.82, 2.24) is 10.0 Å². The number of carbonyl (C=O) groups excluding carboxylic acids is 1. The van der Waals surface area contributed by atoms with Crippen molar-refractivity contribution in [1.29, 1.82) is 0 Å². The highest BCUT2D eigenvalue weighted by Gasteiger charge is 2.14. The first-order valence-corrected chi connectivity index (χ1v) is 10.8. The summed E-state index contributed by atoms with van der Waals surface area (Å²) in [6.45, 7) is 0.644. The van der Waals surface area contributed by atoms with E-state index in [0.29, 0.717) is 6.54 Å². The summed E-state index contributed by atoms with van der Waals surface area (Å²) in [5.74, 6) is -0.158. The highest BCUT2D eigenvalue weighted by molar-refractivity contribution is 7.89. The van der Waals surface area contributed by atoms with E-state index in [1.807, 2.05) is 42.5 Å². The Labute approximate surface area is 165 Å². The SMILES string of the molecule is O=C(CCNS(=O)(=O)c1ccc2ccccc2c1)NCCCc1ccccc1. The van der Waals surface area contributed by atoms with Crippen molar-refractivity contribution >= 4 is 26.7 Å². The van der Waals surface area contributed by atoms with Gasteiger partial charge in [0.1, 0.15) is 0 Å². The summed E-state index contributed by atoms with van der Waals surface area (Å²) in [6.07, 6.45) is 1.85. The summed E-state index contributed by atoms with van der Waals surface area (Å²) in [4.78, 5) is 12.1. The van der Waals surface area contributed by atoms with Gasteiger partial charge in [0.2, 0.25) is 15.9 Å². The molecule has 5 nitrogen and oxygen atoms in total. The predicted molar refractivity (Wildman–Crippen MR) is 112 cm³/mol. The van der Waals surface area contributed by atoms with Crippen LogP contribution in [0.2, 0.25) is 0 Å². The minimum atomic E-state index is -3.64. The van der Waals surface area contributed by atoms with Crippen LogP contribution in [-0.2, 0) is 21.2 Å². The molecule has 0 unspecified atom stereocenters. The van der Waals surface area contributed by atoms with Crippen molar-refractivity contribution in [2.45, 2.75) is 24.2 Å². The molecule has 0 saturated heterocycles. The van der Waals surface area contributed by atoms with Crippen molar-refractivity contribution in [2.75, 3.05) is 13.1 Å². The average Bonchev–Trinajstić information content (AvgIpc) is 2.71. The van der Waals surface area contributed by atoms with Crippen LogP contribution in [-0.4, -0.2) is 27.4 Å². The van der Waals surface area contributed by atoms with Crippen LogP contribution in [0.4, 0.5) is 0 Å². The lowest BCUT2D eigenvalue weighted by atomic mass is 10.1. The van der Waals surface area contributed by atoms with Gasteiger partial charge in [-0.2, -0.15) is 0 Å². The molecule has 0 spiro atoms. The number of aryl methyl sites for hydroxylation is 1. The standard InChI is InChI=1S/C22H24N2O3S/c25-22(23-15-6-9-18-7-2-1-3-8-18)14-16-24-28(26,27)21-13-12-19-10-4-5-11-20(19)17-21/h1-5,7-8,10-13,17,24H,6,9,14-16H2,(H,23,25). The fraction of sp³-hybridized carbons (Fsp3) is 0.227. The van der Waals surface area contributed by atoms with Gasteiger partial charge < -0.3 is 5.32 Å².